The number of rotatable bonds is 4. The Morgan fingerprint density at radius 2 is 1.77 bits per heavy atom. The van der Waals surface area contributed by atoms with E-state index in [1.165, 1.54) is 20.8 Å². The molecule has 0 spiro atoms. The second kappa shape index (κ2) is 4.09. The zero-order chi connectivity index (χ0) is 10.7. The first-order valence-corrected chi connectivity index (χ1v) is 5.84. The van der Waals surface area contributed by atoms with Gasteiger partial charge in [0.05, 0.1) is 6.61 Å². The van der Waals surface area contributed by atoms with E-state index in [0.717, 1.165) is 0 Å². The summed E-state index contributed by atoms with van der Waals surface area (Å²) >= 11 is 0. The van der Waals surface area contributed by atoms with Gasteiger partial charge >= 0.3 is 5.97 Å². The molecule has 0 fully saturated rings. The van der Waals surface area contributed by atoms with E-state index in [0.29, 0.717) is 0 Å². The Hall–Kier alpha value is -0.580. The van der Waals surface area contributed by atoms with Crippen molar-refractivity contribution < 1.29 is 17.9 Å². The molecule has 0 aliphatic heterocycles. The van der Waals surface area contributed by atoms with Gasteiger partial charge in [0.2, 0.25) is 0 Å². The second-order valence-corrected chi connectivity index (χ2v) is 5.96. The summed E-state index contributed by atoms with van der Waals surface area (Å²) in [5.41, 5.74) is 0. The van der Waals surface area contributed by atoms with Crippen molar-refractivity contribution in [3.05, 3.63) is 0 Å². The maximum atomic E-state index is 11.4. The summed E-state index contributed by atoms with van der Waals surface area (Å²) in [5.74, 6) is -0.740. The molecule has 0 heterocycles. The van der Waals surface area contributed by atoms with Gasteiger partial charge in [-0.15, -0.1) is 0 Å². The van der Waals surface area contributed by atoms with Crippen molar-refractivity contribution in [2.75, 3.05) is 12.4 Å². The molecule has 5 heteroatoms. The third kappa shape index (κ3) is 2.43. The van der Waals surface area contributed by atoms with Gasteiger partial charge in [0.25, 0.3) is 0 Å². The Balaban J connectivity index is 4.86. The van der Waals surface area contributed by atoms with Gasteiger partial charge < -0.3 is 4.74 Å². The van der Waals surface area contributed by atoms with Gasteiger partial charge in [0.1, 0.15) is 0 Å². The molecule has 0 aromatic carbocycles. The van der Waals surface area contributed by atoms with Crippen LogP contribution in [0.3, 0.4) is 0 Å². The summed E-state index contributed by atoms with van der Waals surface area (Å²) in [6.45, 7) is 6.08. The minimum atomic E-state index is -3.39. The molecule has 13 heavy (non-hydrogen) atoms. The summed E-state index contributed by atoms with van der Waals surface area (Å²) in [7, 11) is -3.39. The normalized spacial score (nSPS) is 12.6. The van der Waals surface area contributed by atoms with Gasteiger partial charge in [-0.2, -0.15) is 0 Å². The van der Waals surface area contributed by atoms with E-state index in [2.05, 4.69) is 4.74 Å². The Labute approximate surface area is 79.2 Å². The number of esters is 1. The molecule has 0 N–H and O–H groups in total. The molecular formula is C8H16O4S. The number of carbonyl (C=O) groups is 1. The van der Waals surface area contributed by atoms with E-state index in [4.69, 9.17) is 0 Å². The molecule has 0 radical (unpaired) electrons. The van der Waals surface area contributed by atoms with Crippen LogP contribution in [0.1, 0.15) is 27.7 Å². The van der Waals surface area contributed by atoms with E-state index in [1.807, 2.05) is 0 Å². The number of carbonyl (C=O) groups excluding carboxylic acids is 1. The molecule has 0 aliphatic carbocycles. The second-order valence-electron chi connectivity index (χ2n) is 3.13. The van der Waals surface area contributed by atoms with Crippen LogP contribution in [0.15, 0.2) is 0 Å². The van der Waals surface area contributed by atoms with Crippen molar-refractivity contribution in [1.82, 2.24) is 0 Å². The van der Waals surface area contributed by atoms with Crippen molar-refractivity contribution in [2.45, 2.75) is 32.4 Å². The molecule has 0 saturated carbocycles. The largest absolute Gasteiger partial charge is 0.465 e. The molecule has 0 unspecified atom stereocenters. The molecule has 0 amide bonds. The fourth-order valence-electron chi connectivity index (χ4n) is 0.793. The smallest absolute Gasteiger partial charge is 0.326 e. The number of hydrogen-bond acceptors (Lipinski definition) is 4. The fourth-order valence-corrected chi connectivity index (χ4v) is 1.83. The van der Waals surface area contributed by atoms with Crippen molar-refractivity contribution in [3.63, 3.8) is 0 Å². The van der Waals surface area contributed by atoms with Crippen LogP contribution in [-0.4, -0.2) is 31.5 Å². The molecule has 0 aliphatic rings. The highest BCUT2D eigenvalue weighted by Gasteiger charge is 2.41. The molecule has 0 rings (SSSR count). The lowest BCUT2D eigenvalue weighted by molar-refractivity contribution is -0.145. The predicted octanol–water partition coefficient (Wildman–Crippen LogP) is 0.763. The van der Waals surface area contributed by atoms with Crippen molar-refractivity contribution in [2.24, 2.45) is 0 Å². The lowest BCUT2D eigenvalue weighted by atomic mass is 10.2. The Kier molecular flexibility index (Phi) is 3.90. The SMILES string of the molecule is CCOC(=O)C(C)(C)S(=O)(=O)CC. The van der Waals surface area contributed by atoms with Gasteiger partial charge in [-0.3, -0.25) is 4.79 Å². The monoisotopic (exact) mass is 208 g/mol. The molecule has 0 bridgehead atoms. The number of ether oxygens (including phenoxy) is 1. The van der Waals surface area contributed by atoms with E-state index in [1.54, 1.807) is 6.92 Å². The highest BCUT2D eigenvalue weighted by atomic mass is 32.2. The fraction of sp³-hybridized carbons (Fsp3) is 0.875. The average Bonchev–Trinajstić information content (AvgIpc) is 2.04. The van der Waals surface area contributed by atoms with Gasteiger partial charge in [-0.1, -0.05) is 6.92 Å². The molecular weight excluding hydrogens is 192 g/mol. The van der Waals surface area contributed by atoms with E-state index in [9.17, 15) is 13.2 Å². The Bertz CT molecular complexity index is 277. The maximum absolute atomic E-state index is 11.4. The first-order valence-electron chi connectivity index (χ1n) is 4.19. The number of hydrogen-bond donors (Lipinski definition) is 0. The first-order chi connectivity index (χ1) is 5.79. The number of sulfone groups is 1. The van der Waals surface area contributed by atoms with Crippen LogP contribution in [0.5, 0.6) is 0 Å². The molecule has 0 aromatic rings. The topological polar surface area (TPSA) is 60.4 Å². The van der Waals surface area contributed by atoms with Crippen molar-refractivity contribution >= 4 is 15.8 Å². The van der Waals surface area contributed by atoms with Crippen molar-refractivity contribution in [1.29, 1.82) is 0 Å². The lowest BCUT2D eigenvalue weighted by Crippen LogP contribution is -2.42. The zero-order valence-corrected chi connectivity index (χ0v) is 9.27. The van der Waals surface area contributed by atoms with E-state index >= 15 is 0 Å². The van der Waals surface area contributed by atoms with Crippen LogP contribution < -0.4 is 0 Å². The molecule has 78 valence electrons. The van der Waals surface area contributed by atoms with Crippen LogP contribution >= 0.6 is 0 Å². The summed E-state index contributed by atoms with van der Waals surface area (Å²) in [5, 5.41) is 0. The minimum absolute atomic E-state index is 0.0567. The molecule has 0 atom stereocenters. The highest BCUT2D eigenvalue weighted by Crippen LogP contribution is 2.18. The summed E-state index contributed by atoms with van der Waals surface area (Å²) < 4.78 is 26.1. The standard InChI is InChI=1S/C8H16O4S/c1-5-12-7(9)8(3,4)13(10,11)6-2/h5-6H2,1-4H3. The van der Waals surface area contributed by atoms with E-state index < -0.39 is 20.6 Å². The Morgan fingerprint density at radius 1 is 1.31 bits per heavy atom. The predicted molar refractivity (Wildman–Crippen MR) is 50.2 cm³/mol. The molecule has 0 saturated heterocycles. The maximum Gasteiger partial charge on any atom is 0.326 e. The third-order valence-corrected chi connectivity index (χ3v) is 4.41. The van der Waals surface area contributed by atoms with Crippen LogP contribution in [0.4, 0.5) is 0 Å². The summed E-state index contributed by atoms with van der Waals surface area (Å²) in [6.07, 6.45) is 0. The highest BCUT2D eigenvalue weighted by molar-refractivity contribution is 7.93. The summed E-state index contributed by atoms with van der Waals surface area (Å²) in [6, 6.07) is 0. The minimum Gasteiger partial charge on any atom is -0.465 e. The van der Waals surface area contributed by atoms with Crippen LogP contribution in [0.2, 0.25) is 0 Å². The first kappa shape index (κ1) is 12.4. The van der Waals surface area contributed by atoms with Gasteiger partial charge in [-0.25, -0.2) is 8.42 Å². The molecule has 4 nitrogen and oxygen atoms in total. The average molecular weight is 208 g/mol. The Morgan fingerprint density at radius 3 is 2.08 bits per heavy atom. The van der Waals surface area contributed by atoms with Crippen LogP contribution in [-0.2, 0) is 19.4 Å². The van der Waals surface area contributed by atoms with Crippen molar-refractivity contribution in [3.8, 4) is 0 Å². The molecule has 0 aromatic heterocycles. The van der Waals surface area contributed by atoms with Gasteiger partial charge in [0, 0.05) is 5.75 Å². The lowest BCUT2D eigenvalue weighted by Gasteiger charge is -2.21. The van der Waals surface area contributed by atoms with Gasteiger partial charge in [-0.05, 0) is 20.8 Å². The van der Waals surface area contributed by atoms with Crippen LogP contribution in [0, 0.1) is 0 Å². The zero-order valence-electron chi connectivity index (χ0n) is 8.46. The van der Waals surface area contributed by atoms with E-state index in [-0.39, 0.29) is 12.4 Å². The quantitative estimate of drug-likeness (QED) is 0.640. The van der Waals surface area contributed by atoms with Gasteiger partial charge in [0.15, 0.2) is 14.6 Å². The summed E-state index contributed by atoms with van der Waals surface area (Å²) in [4.78, 5) is 11.3. The third-order valence-electron chi connectivity index (χ3n) is 1.92. The van der Waals surface area contributed by atoms with Crippen LogP contribution in [0.25, 0.3) is 0 Å².